The molecule has 19 heavy (non-hydrogen) atoms. The summed E-state index contributed by atoms with van der Waals surface area (Å²) in [4.78, 5) is 7.93. The first-order valence-corrected chi connectivity index (χ1v) is 6.57. The molecular formula is C17H16N2. The van der Waals surface area contributed by atoms with Gasteiger partial charge in [-0.1, -0.05) is 61.5 Å². The van der Waals surface area contributed by atoms with Crippen molar-refractivity contribution in [3.63, 3.8) is 0 Å². The Hall–Kier alpha value is -2.35. The number of aromatic nitrogens is 2. The van der Waals surface area contributed by atoms with Gasteiger partial charge < -0.3 is 4.98 Å². The summed E-state index contributed by atoms with van der Waals surface area (Å²) in [5, 5.41) is 0. The van der Waals surface area contributed by atoms with Crippen molar-refractivity contribution in [3.05, 3.63) is 66.4 Å². The first kappa shape index (κ1) is 11.7. The fraction of sp³-hybridized carbons (Fsp3) is 0.118. The van der Waals surface area contributed by atoms with Crippen LogP contribution >= 0.6 is 0 Å². The predicted molar refractivity (Wildman–Crippen MR) is 78.8 cm³/mol. The fourth-order valence-electron chi connectivity index (χ4n) is 2.28. The summed E-state index contributed by atoms with van der Waals surface area (Å²) in [6.45, 7) is 2.17. The smallest absolute Gasteiger partial charge is 0.138 e. The summed E-state index contributed by atoms with van der Waals surface area (Å²) < 4.78 is 0. The zero-order chi connectivity index (χ0) is 13.1. The van der Waals surface area contributed by atoms with Crippen LogP contribution in [-0.2, 0) is 6.42 Å². The third kappa shape index (κ3) is 2.29. The number of rotatable bonds is 3. The van der Waals surface area contributed by atoms with Gasteiger partial charge in [-0.15, -0.1) is 0 Å². The van der Waals surface area contributed by atoms with Crippen molar-refractivity contribution in [1.82, 2.24) is 9.97 Å². The van der Waals surface area contributed by atoms with Gasteiger partial charge in [0.15, 0.2) is 0 Å². The lowest BCUT2D eigenvalue weighted by Crippen LogP contribution is -1.88. The summed E-state index contributed by atoms with van der Waals surface area (Å²) in [5.74, 6) is 0.941. The quantitative estimate of drug-likeness (QED) is 0.735. The summed E-state index contributed by atoms with van der Waals surface area (Å²) >= 11 is 0. The van der Waals surface area contributed by atoms with E-state index in [0.717, 1.165) is 23.5 Å². The molecule has 94 valence electrons. The van der Waals surface area contributed by atoms with Gasteiger partial charge in [-0.05, 0) is 17.5 Å². The van der Waals surface area contributed by atoms with Crippen LogP contribution in [0.1, 0.15) is 12.5 Å². The Bertz CT molecular complexity index is 668. The van der Waals surface area contributed by atoms with E-state index in [-0.39, 0.29) is 0 Å². The molecule has 0 saturated carbocycles. The second kappa shape index (κ2) is 5.11. The molecule has 0 radical (unpaired) electrons. The van der Waals surface area contributed by atoms with Crippen LogP contribution in [0, 0.1) is 0 Å². The molecule has 3 aromatic rings. The Kier molecular flexibility index (Phi) is 3.15. The number of hydrogen-bond acceptors (Lipinski definition) is 1. The zero-order valence-electron chi connectivity index (χ0n) is 10.9. The maximum atomic E-state index is 4.52. The van der Waals surface area contributed by atoms with Gasteiger partial charge in [-0.3, -0.25) is 0 Å². The number of hydrogen-bond donors (Lipinski definition) is 1. The van der Waals surface area contributed by atoms with Crippen molar-refractivity contribution < 1.29 is 0 Å². The minimum atomic E-state index is 0.941. The normalized spacial score (nSPS) is 10.6. The van der Waals surface area contributed by atoms with Crippen LogP contribution in [0.3, 0.4) is 0 Å². The number of benzene rings is 2. The fourth-order valence-corrected chi connectivity index (χ4v) is 2.28. The van der Waals surface area contributed by atoms with Gasteiger partial charge in [-0.25, -0.2) is 4.98 Å². The number of nitrogens with one attached hydrogen (secondary N) is 1. The highest BCUT2D eigenvalue weighted by Crippen LogP contribution is 2.24. The van der Waals surface area contributed by atoms with Crippen LogP contribution in [-0.4, -0.2) is 9.97 Å². The van der Waals surface area contributed by atoms with E-state index in [0.29, 0.717) is 0 Å². The minimum Gasteiger partial charge on any atom is -0.338 e. The molecule has 1 aromatic heterocycles. The van der Waals surface area contributed by atoms with Gasteiger partial charge in [0.1, 0.15) is 5.82 Å². The van der Waals surface area contributed by atoms with Crippen molar-refractivity contribution in [2.75, 3.05) is 0 Å². The summed E-state index contributed by atoms with van der Waals surface area (Å²) in [7, 11) is 0. The molecule has 0 spiro atoms. The van der Waals surface area contributed by atoms with E-state index >= 15 is 0 Å². The third-order valence-corrected chi connectivity index (χ3v) is 3.31. The average Bonchev–Trinajstić information content (AvgIpc) is 2.98. The van der Waals surface area contributed by atoms with Crippen LogP contribution in [0.15, 0.2) is 60.8 Å². The monoisotopic (exact) mass is 248 g/mol. The SMILES string of the molecule is CCc1ccccc1-c1ncc(-c2ccccc2)[nH]1. The molecule has 3 rings (SSSR count). The van der Waals surface area contributed by atoms with Crippen molar-refractivity contribution in [3.8, 4) is 22.6 Å². The highest BCUT2D eigenvalue weighted by atomic mass is 14.9. The Balaban J connectivity index is 2.02. The lowest BCUT2D eigenvalue weighted by atomic mass is 10.1. The average molecular weight is 248 g/mol. The number of aryl methyl sites for hydroxylation is 1. The Morgan fingerprint density at radius 1 is 0.947 bits per heavy atom. The molecule has 2 aromatic carbocycles. The lowest BCUT2D eigenvalue weighted by molar-refractivity contribution is 1.13. The van der Waals surface area contributed by atoms with E-state index in [1.807, 2.05) is 24.4 Å². The molecule has 1 heterocycles. The van der Waals surface area contributed by atoms with Gasteiger partial charge in [0.05, 0.1) is 11.9 Å². The van der Waals surface area contributed by atoms with E-state index in [1.54, 1.807) is 0 Å². The summed E-state index contributed by atoms with van der Waals surface area (Å²) in [6.07, 6.45) is 2.91. The van der Waals surface area contributed by atoms with E-state index < -0.39 is 0 Å². The Labute approximate surface area is 113 Å². The van der Waals surface area contributed by atoms with Crippen LogP contribution in [0.25, 0.3) is 22.6 Å². The molecule has 0 aliphatic heterocycles. The highest BCUT2D eigenvalue weighted by Gasteiger charge is 2.07. The van der Waals surface area contributed by atoms with E-state index in [9.17, 15) is 0 Å². The molecule has 0 bridgehead atoms. The van der Waals surface area contributed by atoms with E-state index in [2.05, 4.69) is 53.3 Å². The summed E-state index contributed by atoms with van der Waals surface area (Å²) in [6, 6.07) is 18.7. The van der Waals surface area contributed by atoms with Crippen molar-refractivity contribution in [1.29, 1.82) is 0 Å². The van der Waals surface area contributed by atoms with Crippen molar-refractivity contribution in [2.45, 2.75) is 13.3 Å². The van der Waals surface area contributed by atoms with Crippen LogP contribution < -0.4 is 0 Å². The van der Waals surface area contributed by atoms with Gasteiger partial charge >= 0.3 is 0 Å². The largest absolute Gasteiger partial charge is 0.338 e. The van der Waals surface area contributed by atoms with E-state index in [1.165, 1.54) is 11.1 Å². The minimum absolute atomic E-state index is 0.941. The van der Waals surface area contributed by atoms with Crippen LogP contribution in [0.4, 0.5) is 0 Å². The van der Waals surface area contributed by atoms with Gasteiger partial charge in [0.2, 0.25) is 0 Å². The molecule has 0 fully saturated rings. The molecule has 0 saturated heterocycles. The maximum Gasteiger partial charge on any atom is 0.138 e. The standard InChI is InChI=1S/C17H16N2/c1-2-13-8-6-7-11-15(13)17-18-12-16(19-17)14-9-4-3-5-10-14/h3-12H,2H2,1H3,(H,18,19). The number of nitrogens with zero attached hydrogens (tertiary/aromatic N) is 1. The van der Waals surface area contributed by atoms with Crippen molar-refractivity contribution in [2.24, 2.45) is 0 Å². The second-order valence-corrected chi connectivity index (χ2v) is 4.52. The Morgan fingerprint density at radius 2 is 1.68 bits per heavy atom. The van der Waals surface area contributed by atoms with Crippen molar-refractivity contribution >= 4 is 0 Å². The van der Waals surface area contributed by atoms with Gasteiger partial charge in [0, 0.05) is 5.56 Å². The molecule has 0 amide bonds. The highest BCUT2D eigenvalue weighted by molar-refractivity contribution is 5.66. The molecule has 2 nitrogen and oxygen atoms in total. The molecule has 0 aliphatic carbocycles. The molecule has 0 unspecified atom stereocenters. The predicted octanol–water partition coefficient (Wildman–Crippen LogP) is 4.31. The second-order valence-electron chi connectivity index (χ2n) is 4.52. The number of H-pyrrole nitrogens is 1. The molecular weight excluding hydrogens is 232 g/mol. The van der Waals surface area contributed by atoms with Gasteiger partial charge in [0.25, 0.3) is 0 Å². The van der Waals surface area contributed by atoms with Crippen LogP contribution in [0.5, 0.6) is 0 Å². The van der Waals surface area contributed by atoms with Crippen LogP contribution in [0.2, 0.25) is 0 Å². The molecule has 0 aliphatic rings. The Morgan fingerprint density at radius 3 is 2.47 bits per heavy atom. The van der Waals surface area contributed by atoms with Gasteiger partial charge in [-0.2, -0.15) is 0 Å². The number of imidazole rings is 1. The first-order valence-electron chi connectivity index (χ1n) is 6.57. The topological polar surface area (TPSA) is 28.7 Å². The first-order chi connectivity index (χ1) is 9.38. The summed E-state index contributed by atoms with van der Waals surface area (Å²) in [5.41, 5.74) is 4.72. The third-order valence-electron chi connectivity index (χ3n) is 3.31. The lowest BCUT2D eigenvalue weighted by Gasteiger charge is -2.04. The molecule has 2 heteroatoms. The zero-order valence-corrected chi connectivity index (χ0v) is 10.9. The maximum absolute atomic E-state index is 4.52. The van der Waals surface area contributed by atoms with E-state index in [4.69, 9.17) is 0 Å². The molecule has 0 atom stereocenters. The number of aromatic amines is 1. The molecule has 1 N–H and O–H groups in total.